The van der Waals surface area contributed by atoms with E-state index >= 15 is 0 Å². The fraction of sp³-hybridized carbons (Fsp3) is 0.211. The summed E-state index contributed by atoms with van der Waals surface area (Å²) in [4.78, 5) is 12.4. The smallest absolute Gasteiger partial charge is 0.237 e. The van der Waals surface area contributed by atoms with Crippen LogP contribution in [0, 0.1) is 18.6 Å². The van der Waals surface area contributed by atoms with Crippen LogP contribution in [0.15, 0.2) is 53.7 Å². The molecule has 0 unspecified atom stereocenters. The highest BCUT2D eigenvalue weighted by Crippen LogP contribution is 2.25. The summed E-state index contributed by atoms with van der Waals surface area (Å²) in [5, 5.41) is 10.4. The van der Waals surface area contributed by atoms with Gasteiger partial charge in [-0.15, -0.1) is 10.2 Å². The summed E-state index contributed by atoms with van der Waals surface area (Å²) >= 11 is 1.18. The molecule has 2 aromatic carbocycles. The molecule has 3 rings (SSSR count). The maximum Gasteiger partial charge on any atom is 0.237 e. The molecule has 0 saturated heterocycles. The number of anilines is 1. The number of rotatable bonds is 6. The van der Waals surface area contributed by atoms with Crippen molar-refractivity contribution in [3.05, 3.63) is 71.6 Å². The molecule has 8 heteroatoms. The lowest BCUT2D eigenvalue weighted by Gasteiger charge is -2.14. The number of nitrogens with zero attached hydrogens (tertiary/aromatic N) is 3. The summed E-state index contributed by atoms with van der Waals surface area (Å²) in [6.45, 7) is 4.05. The molecule has 1 heterocycles. The lowest BCUT2D eigenvalue weighted by Crippen LogP contribution is -2.24. The Hall–Kier alpha value is -2.74. The number of aromatic nitrogens is 3. The van der Waals surface area contributed by atoms with Crippen molar-refractivity contribution in [1.82, 2.24) is 14.8 Å². The fourth-order valence-electron chi connectivity index (χ4n) is 2.45. The Labute approximate surface area is 159 Å². The maximum atomic E-state index is 13.7. The Morgan fingerprint density at radius 1 is 1.11 bits per heavy atom. The number of carbonyl (C=O) groups is 1. The van der Waals surface area contributed by atoms with Crippen LogP contribution in [-0.2, 0) is 11.3 Å². The number of para-hydroxylation sites is 1. The van der Waals surface area contributed by atoms with Gasteiger partial charge in [0.05, 0.1) is 11.8 Å². The summed E-state index contributed by atoms with van der Waals surface area (Å²) in [6.07, 6.45) is 0. The predicted octanol–water partition coefficient (Wildman–Crippen LogP) is 4.03. The monoisotopic (exact) mass is 388 g/mol. The molecule has 0 saturated carbocycles. The van der Waals surface area contributed by atoms with Gasteiger partial charge >= 0.3 is 0 Å². The van der Waals surface area contributed by atoms with Crippen LogP contribution in [-0.4, -0.2) is 25.9 Å². The van der Waals surface area contributed by atoms with E-state index in [1.165, 1.54) is 17.8 Å². The zero-order valence-corrected chi connectivity index (χ0v) is 15.6. The Bertz CT molecular complexity index is 926. The molecule has 0 aliphatic heterocycles. The second-order valence-electron chi connectivity index (χ2n) is 5.95. The quantitative estimate of drug-likeness (QED) is 0.648. The molecule has 1 amide bonds. The van der Waals surface area contributed by atoms with Crippen molar-refractivity contribution in [1.29, 1.82) is 0 Å². The molecule has 1 aromatic heterocycles. The number of carbonyl (C=O) groups excluding carboxylic acids is 1. The summed E-state index contributed by atoms with van der Waals surface area (Å²) in [6, 6.07) is 13.2. The van der Waals surface area contributed by atoms with Crippen LogP contribution in [0.1, 0.15) is 18.3 Å². The number of amides is 1. The van der Waals surface area contributed by atoms with Gasteiger partial charge in [0.2, 0.25) is 5.91 Å². The van der Waals surface area contributed by atoms with Crippen molar-refractivity contribution in [2.45, 2.75) is 30.8 Å². The van der Waals surface area contributed by atoms with Gasteiger partial charge < -0.3 is 9.88 Å². The first-order valence-corrected chi connectivity index (χ1v) is 9.19. The van der Waals surface area contributed by atoms with Crippen molar-refractivity contribution in [2.75, 3.05) is 5.32 Å². The van der Waals surface area contributed by atoms with Gasteiger partial charge in [-0.1, -0.05) is 48.2 Å². The Morgan fingerprint density at radius 2 is 1.78 bits per heavy atom. The number of hydrogen-bond acceptors (Lipinski definition) is 4. The van der Waals surface area contributed by atoms with E-state index < -0.39 is 28.5 Å². The first-order valence-electron chi connectivity index (χ1n) is 8.31. The maximum absolute atomic E-state index is 13.7. The molecule has 0 radical (unpaired) electrons. The lowest BCUT2D eigenvalue weighted by atomic mass is 10.2. The van der Waals surface area contributed by atoms with E-state index in [0.29, 0.717) is 17.5 Å². The molecular formula is C19H18F2N4OS. The molecule has 0 aliphatic carbocycles. The number of nitrogens with one attached hydrogen (secondary N) is 1. The topological polar surface area (TPSA) is 59.8 Å². The molecule has 140 valence electrons. The summed E-state index contributed by atoms with van der Waals surface area (Å²) in [5.74, 6) is -1.43. The van der Waals surface area contributed by atoms with Crippen LogP contribution in [0.3, 0.4) is 0 Å². The normalized spacial score (nSPS) is 12.0. The molecule has 27 heavy (non-hydrogen) atoms. The van der Waals surface area contributed by atoms with Gasteiger partial charge in [0.15, 0.2) is 5.16 Å². The van der Waals surface area contributed by atoms with Gasteiger partial charge in [0.1, 0.15) is 23.1 Å². The SMILES string of the molecule is Cc1nnc(S[C@@H](C)C(=O)Nc2c(F)cccc2F)n1Cc1ccccc1. The third-order valence-electron chi connectivity index (χ3n) is 3.95. The molecule has 0 bridgehead atoms. The van der Waals surface area contributed by atoms with Crippen LogP contribution in [0.25, 0.3) is 0 Å². The summed E-state index contributed by atoms with van der Waals surface area (Å²) < 4.78 is 29.3. The number of benzene rings is 2. The van der Waals surface area contributed by atoms with E-state index in [1.807, 2.05) is 41.8 Å². The van der Waals surface area contributed by atoms with Crippen LogP contribution in [0.4, 0.5) is 14.5 Å². The Kier molecular flexibility index (Phi) is 5.85. The molecule has 0 fully saturated rings. The van der Waals surface area contributed by atoms with Gasteiger partial charge in [-0.05, 0) is 31.5 Å². The predicted molar refractivity (Wildman–Crippen MR) is 101 cm³/mol. The molecule has 5 nitrogen and oxygen atoms in total. The standard InChI is InChI=1S/C19H18F2N4OS/c1-12(18(26)22-17-15(20)9-6-10-16(17)21)27-19-24-23-13(2)25(19)11-14-7-4-3-5-8-14/h3-10,12H,11H2,1-2H3,(H,22,26)/t12-/m0/s1. The van der Waals surface area contributed by atoms with Gasteiger partial charge in [-0.25, -0.2) is 8.78 Å². The highest BCUT2D eigenvalue weighted by Gasteiger charge is 2.21. The number of hydrogen-bond donors (Lipinski definition) is 1. The average Bonchev–Trinajstić information content (AvgIpc) is 2.99. The summed E-state index contributed by atoms with van der Waals surface area (Å²) in [5.41, 5.74) is 0.629. The molecule has 0 spiro atoms. The minimum Gasteiger partial charge on any atom is -0.320 e. The minimum absolute atomic E-state index is 0.447. The van der Waals surface area contributed by atoms with Crippen molar-refractivity contribution >= 4 is 23.4 Å². The van der Waals surface area contributed by atoms with Crippen LogP contribution < -0.4 is 5.32 Å². The Balaban J connectivity index is 1.72. The van der Waals surface area contributed by atoms with Gasteiger partial charge in [0.25, 0.3) is 0 Å². The Morgan fingerprint density at radius 3 is 2.44 bits per heavy atom. The van der Waals surface area contributed by atoms with Crippen molar-refractivity contribution < 1.29 is 13.6 Å². The molecule has 1 N–H and O–H groups in total. The van der Waals surface area contributed by atoms with E-state index in [4.69, 9.17) is 0 Å². The van der Waals surface area contributed by atoms with E-state index in [-0.39, 0.29) is 0 Å². The van der Waals surface area contributed by atoms with E-state index in [0.717, 1.165) is 17.7 Å². The second kappa shape index (κ2) is 8.30. The third-order valence-corrected chi connectivity index (χ3v) is 5.03. The van der Waals surface area contributed by atoms with E-state index in [2.05, 4.69) is 15.5 Å². The fourth-order valence-corrected chi connectivity index (χ4v) is 3.34. The lowest BCUT2D eigenvalue weighted by molar-refractivity contribution is -0.115. The van der Waals surface area contributed by atoms with Crippen LogP contribution in [0.2, 0.25) is 0 Å². The molecule has 3 aromatic rings. The van der Waals surface area contributed by atoms with Crippen LogP contribution >= 0.6 is 11.8 Å². The highest BCUT2D eigenvalue weighted by molar-refractivity contribution is 8.00. The first kappa shape index (κ1) is 19.0. The minimum atomic E-state index is -0.816. The molecule has 1 atom stereocenters. The highest BCUT2D eigenvalue weighted by atomic mass is 32.2. The molecule has 0 aliphatic rings. The third kappa shape index (κ3) is 4.51. The first-order chi connectivity index (χ1) is 13.0. The van der Waals surface area contributed by atoms with Crippen molar-refractivity contribution in [2.24, 2.45) is 0 Å². The van der Waals surface area contributed by atoms with E-state index in [1.54, 1.807) is 6.92 Å². The molecular weight excluding hydrogens is 370 g/mol. The zero-order valence-electron chi connectivity index (χ0n) is 14.8. The van der Waals surface area contributed by atoms with Gasteiger partial charge in [-0.2, -0.15) is 0 Å². The van der Waals surface area contributed by atoms with Crippen molar-refractivity contribution in [3.63, 3.8) is 0 Å². The summed E-state index contributed by atoms with van der Waals surface area (Å²) in [7, 11) is 0. The number of halogens is 2. The second-order valence-corrected chi connectivity index (χ2v) is 7.26. The van der Waals surface area contributed by atoms with E-state index in [9.17, 15) is 13.6 Å². The van der Waals surface area contributed by atoms with Gasteiger partial charge in [-0.3, -0.25) is 4.79 Å². The zero-order chi connectivity index (χ0) is 19.4. The number of thioether (sulfide) groups is 1. The van der Waals surface area contributed by atoms with Crippen LogP contribution in [0.5, 0.6) is 0 Å². The largest absolute Gasteiger partial charge is 0.320 e. The average molecular weight is 388 g/mol. The van der Waals surface area contributed by atoms with Crippen molar-refractivity contribution in [3.8, 4) is 0 Å². The number of aryl methyl sites for hydroxylation is 1. The van der Waals surface area contributed by atoms with Gasteiger partial charge in [0, 0.05) is 0 Å².